The minimum Gasteiger partial charge on any atom is -0.336 e. The number of aromatic nitrogens is 2. The summed E-state index contributed by atoms with van der Waals surface area (Å²) in [5.41, 5.74) is 0.000862. The van der Waals surface area contributed by atoms with Crippen LogP contribution >= 0.6 is 0 Å². The monoisotopic (exact) mass is 262 g/mol. The standard InChI is InChI=1S/C13H18N4O2/c1-4-16(9-10(3)8-14)13(19)11-6-7-12(18)17(5-2)15-11/h6-7,10H,4-5,9H2,1-3H3/t10-/m0/s1. The zero-order chi connectivity index (χ0) is 14.4. The molecule has 0 fully saturated rings. The summed E-state index contributed by atoms with van der Waals surface area (Å²) in [6.45, 7) is 6.67. The smallest absolute Gasteiger partial charge is 0.274 e. The molecular weight excluding hydrogens is 244 g/mol. The van der Waals surface area contributed by atoms with Crippen LogP contribution in [0.3, 0.4) is 0 Å². The van der Waals surface area contributed by atoms with Gasteiger partial charge in [-0.05, 0) is 26.8 Å². The molecule has 1 rings (SSSR count). The highest BCUT2D eigenvalue weighted by Crippen LogP contribution is 2.04. The largest absolute Gasteiger partial charge is 0.336 e. The zero-order valence-corrected chi connectivity index (χ0v) is 11.5. The Morgan fingerprint density at radius 2 is 2.21 bits per heavy atom. The van der Waals surface area contributed by atoms with E-state index in [0.717, 1.165) is 0 Å². The van der Waals surface area contributed by atoms with Crippen LogP contribution in [0.2, 0.25) is 0 Å². The lowest BCUT2D eigenvalue weighted by Gasteiger charge is -2.21. The van der Waals surface area contributed by atoms with Crippen molar-refractivity contribution in [1.29, 1.82) is 5.26 Å². The van der Waals surface area contributed by atoms with Crippen molar-refractivity contribution in [2.45, 2.75) is 27.3 Å². The number of rotatable bonds is 5. The van der Waals surface area contributed by atoms with Gasteiger partial charge in [0.1, 0.15) is 5.69 Å². The van der Waals surface area contributed by atoms with Crippen molar-refractivity contribution in [2.24, 2.45) is 5.92 Å². The van der Waals surface area contributed by atoms with Gasteiger partial charge in [-0.25, -0.2) is 4.68 Å². The predicted octanol–water partition coefficient (Wildman–Crippen LogP) is 0.885. The molecule has 1 aromatic heterocycles. The second kappa shape index (κ2) is 6.69. The van der Waals surface area contributed by atoms with Crippen molar-refractivity contribution >= 4 is 5.91 Å². The Morgan fingerprint density at radius 3 is 2.74 bits per heavy atom. The van der Waals surface area contributed by atoms with Gasteiger partial charge in [-0.2, -0.15) is 10.4 Å². The third-order valence-electron chi connectivity index (χ3n) is 2.77. The Kier molecular flexibility index (Phi) is 5.24. The second-order valence-electron chi connectivity index (χ2n) is 4.25. The lowest BCUT2D eigenvalue weighted by molar-refractivity contribution is 0.0744. The molecule has 1 heterocycles. The molecule has 0 N–H and O–H groups in total. The van der Waals surface area contributed by atoms with Crippen molar-refractivity contribution in [2.75, 3.05) is 13.1 Å². The van der Waals surface area contributed by atoms with E-state index in [9.17, 15) is 9.59 Å². The first-order chi connectivity index (χ1) is 9.03. The molecule has 1 aromatic rings. The summed E-state index contributed by atoms with van der Waals surface area (Å²) in [6.07, 6.45) is 0. The highest BCUT2D eigenvalue weighted by Gasteiger charge is 2.18. The second-order valence-corrected chi connectivity index (χ2v) is 4.25. The van der Waals surface area contributed by atoms with Crippen LogP contribution < -0.4 is 5.56 Å². The summed E-state index contributed by atoms with van der Waals surface area (Å²) in [5.74, 6) is -0.493. The van der Waals surface area contributed by atoms with Crippen LogP contribution in [0.1, 0.15) is 31.3 Å². The van der Waals surface area contributed by atoms with Gasteiger partial charge in [-0.1, -0.05) is 0 Å². The fourth-order valence-corrected chi connectivity index (χ4v) is 1.68. The molecule has 102 valence electrons. The Morgan fingerprint density at radius 1 is 1.53 bits per heavy atom. The molecule has 0 spiro atoms. The molecule has 1 atom stereocenters. The van der Waals surface area contributed by atoms with Gasteiger partial charge in [0.2, 0.25) is 0 Å². The molecule has 6 nitrogen and oxygen atoms in total. The van der Waals surface area contributed by atoms with Gasteiger partial charge in [0, 0.05) is 25.7 Å². The molecule has 1 amide bonds. The molecule has 6 heteroatoms. The molecule has 19 heavy (non-hydrogen) atoms. The lowest BCUT2D eigenvalue weighted by Crippen LogP contribution is -2.36. The van der Waals surface area contributed by atoms with Crippen LogP contribution in [0.25, 0.3) is 0 Å². The van der Waals surface area contributed by atoms with E-state index in [2.05, 4.69) is 11.2 Å². The highest BCUT2D eigenvalue weighted by molar-refractivity contribution is 5.92. The van der Waals surface area contributed by atoms with E-state index in [1.807, 2.05) is 6.92 Å². The quantitative estimate of drug-likeness (QED) is 0.789. The number of hydrogen-bond acceptors (Lipinski definition) is 4. The van der Waals surface area contributed by atoms with Crippen LogP contribution in [-0.2, 0) is 6.54 Å². The molecule has 0 saturated heterocycles. The van der Waals surface area contributed by atoms with Crippen molar-refractivity contribution in [3.63, 3.8) is 0 Å². The van der Waals surface area contributed by atoms with Crippen molar-refractivity contribution in [3.8, 4) is 6.07 Å². The molecule has 0 aliphatic carbocycles. The van der Waals surface area contributed by atoms with Crippen molar-refractivity contribution in [3.05, 3.63) is 28.2 Å². The summed E-state index contributed by atoms with van der Waals surface area (Å²) in [4.78, 5) is 25.2. The van der Waals surface area contributed by atoms with Crippen LogP contribution in [0, 0.1) is 17.2 Å². The Hall–Kier alpha value is -2.16. The van der Waals surface area contributed by atoms with E-state index in [1.54, 1.807) is 18.7 Å². The van der Waals surface area contributed by atoms with Crippen molar-refractivity contribution < 1.29 is 4.79 Å². The maximum atomic E-state index is 12.2. The Labute approximate surface area is 112 Å². The van der Waals surface area contributed by atoms with Crippen LogP contribution in [-0.4, -0.2) is 33.7 Å². The summed E-state index contributed by atoms with van der Waals surface area (Å²) >= 11 is 0. The molecule has 0 aliphatic heterocycles. The molecule has 0 bridgehead atoms. The van der Waals surface area contributed by atoms with Gasteiger partial charge in [-0.15, -0.1) is 0 Å². The number of nitriles is 1. The number of hydrogen-bond donors (Lipinski definition) is 0. The van der Waals surface area contributed by atoms with Crippen LogP contribution in [0.5, 0.6) is 0 Å². The van der Waals surface area contributed by atoms with Gasteiger partial charge in [0.15, 0.2) is 0 Å². The summed E-state index contributed by atoms with van der Waals surface area (Å²) in [6, 6.07) is 4.86. The average Bonchev–Trinajstić information content (AvgIpc) is 2.44. The minimum atomic E-state index is -0.258. The Bertz CT molecular complexity index is 544. The molecular formula is C13H18N4O2. The predicted molar refractivity (Wildman–Crippen MR) is 70.5 cm³/mol. The first-order valence-corrected chi connectivity index (χ1v) is 6.30. The number of nitrogens with zero attached hydrogens (tertiary/aromatic N) is 4. The third-order valence-corrected chi connectivity index (χ3v) is 2.77. The summed E-state index contributed by atoms with van der Waals surface area (Å²) in [7, 11) is 0. The maximum absolute atomic E-state index is 12.2. The Balaban J connectivity index is 2.98. The zero-order valence-electron chi connectivity index (χ0n) is 11.5. The molecule has 0 saturated carbocycles. The number of aryl methyl sites for hydroxylation is 1. The summed E-state index contributed by atoms with van der Waals surface area (Å²) in [5, 5.41) is 12.8. The highest BCUT2D eigenvalue weighted by atomic mass is 16.2. The number of amides is 1. The SMILES string of the molecule is CCN(C[C@@H](C)C#N)C(=O)c1ccc(=O)n(CC)n1. The topological polar surface area (TPSA) is 79.0 Å². The molecule has 0 aliphatic rings. The van der Waals surface area contributed by atoms with Crippen LogP contribution in [0.4, 0.5) is 0 Å². The minimum absolute atomic E-state index is 0.229. The van der Waals surface area contributed by atoms with E-state index in [1.165, 1.54) is 16.8 Å². The third kappa shape index (κ3) is 3.65. The fraction of sp³-hybridized carbons (Fsp3) is 0.538. The van der Waals surface area contributed by atoms with Crippen molar-refractivity contribution in [1.82, 2.24) is 14.7 Å². The number of carbonyl (C=O) groups is 1. The summed E-state index contributed by atoms with van der Waals surface area (Å²) < 4.78 is 1.24. The normalized spacial score (nSPS) is 11.7. The van der Waals surface area contributed by atoms with Crippen LogP contribution in [0.15, 0.2) is 16.9 Å². The molecule has 0 radical (unpaired) electrons. The van der Waals surface area contributed by atoms with Gasteiger partial charge < -0.3 is 4.90 Å². The van der Waals surface area contributed by atoms with E-state index in [4.69, 9.17) is 5.26 Å². The molecule has 0 unspecified atom stereocenters. The van der Waals surface area contributed by atoms with E-state index < -0.39 is 0 Å². The first-order valence-electron chi connectivity index (χ1n) is 6.30. The number of carbonyl (C=O) groups excluding carboxylic acids is 1. The van der Waals surface area contributed by atoms with E-state index in [-0.39, 0.29) is 23.1 Å². The first kappa shape index (κ1) is 14.9. The van der Waals surface area contributed by atoms with Gasteiger partial charge in [0.05, 0.1) is 12.0 Å². The maximum Gasteiger partial charge on any atom is 0.274 e. The van der Waals surface area contributed by atoms with Gasteiger partial charge >= 0.3 is 0 Å². The van der Waals surface area contributed by atoms with E-state index in [0.29, 0.717) is 19.6 Å². The van der Waals surface area contributed by atoms with Gasteiger partial charge in [0.25, 0.3) is 11.5 Å². The lowest BCUT2D eigenvalue weighted by atomic mass is 10.2. The molecule has 0 aromatic carbocycles. The van der Waals surface area contributed by atoms with E-state index >= 15 is 0 Å². The van der Waals surface area contributed by atoms with Gasteiger partial charge in [-0.3, -0.25) is 9.59 Å². The fourth-order valence-electron chi connectivity index (χ4n) is 1.68. The average molecular weight is 262 g/mol.